The molecule has 0 aromatic heterocycles. The molecule has 0 aromatic carbocycles. The van der Waals surface area contributed by atoms with Crippen molar-refractivity contribution in [2.45, 2.75) is 64.2 Å². The summed E-state index contributed by atoms with van der Waals surface area (Å²) >= 11 is 0. The molecule has 0 unspecified atom stereocenters. The van der Waals surface area contributed by atoms with Crippen LogP contribution in [0.5, 0.6) is 0 Å². The molecule has 2 heterocycles. The Bertz CT molecular complexity index is 212. The lowest BCUT2D eigenvalue weighted by Crippen LogP contribution is -2.42. The van der Waals surface area contributed by atoms with Crippen molar-refractivity contribution in [3.05, 3.63) is 0 Å². The summed E-state index contributed by atoms with van der Waals surface area (Å²) in [6.45, 7) is 7.68. The molecule has 2 rings (SSSR count). The zero-order chi connectivity index (χ0) is 10.3. The molecule has 14 heavy (non-hydrogen) atoms. The molecule has 0 N–H and O–H groups in total. The summed E-state index contributed by atoms with van der Waals surface area (Å²) in [4.78, 5) is 2.44. The fourth-order valence-corrected chi connectivity index (χ4v) is 3.61. The summed E-state index contributed by atoms with van der Waals surface area (Å²) < 4.78 is 13.7. The van der Waals surface area contributed by atoms with Crippen molar-refractivity contribution in [2.75, 3.05) is 6.54 Å². The van der Waals surface area contributed by atoms with Gasteiger partial charge in [-0.2, -0.15) is 0 Å². The highest BCUT2D eigenvalue weighted by Crippen LogP contribution is 2.46. The van der Waals surface area contributed by atoms with Gasteiger partial charge < -0.3 is 0 Å². The number of halogens is 1. The SMILES string of the molecule is CC(C)C[C@@]12CCCN1[C@H](C)[C@H](F)C2. The topological polar surface area (TPSA) is 3.24 Å². The third kappa shape index (κ3) is 1.48. The predicted molar refractivity (Wildman–Crippen MR) is 57.1 cm³/mol. The molecule has 0 radical (unpaired) electrons. The van der Waals surface area contributed by atoms with Crippen molar-refractivity contribution in [1.82, 2.24) is 4.90 Å². The van der Waals surface area contributed by atoms with Crippen LogP contribution >= 0.6 is 0 Å². The van der Waals surface area contributed by atoms with E-state index >= 15 is 0 Å². The lowest BCUT2D eigenvalue weighted by molar-refractivity contribution is 0.128. The lowest BCUT2D eigenvalue weighted by Gasteiger charge is -2.35. The van der Waals surface area contributed by atoms with Crippen LogP contribution < -0.4 is 0 Å². The quantitative estimate of drug-likeness (QED) is 0.661. The molecule has 0 spiro atoms. The van der Waals surface area contributed by atoms with Crippen LogP contribution in [0, 0.1) is 5.92 Å². The van der Waals surface area contributed by atoms with Crippen LogP contribution in [0.15, 0.2) is 0 Å². The first-order chi connectivity index (χ1) is 6.55. The summed E-state index contributed by atoms with van der Waals surface area (Å²) in [5, 5.41) is 0. The van der Waals surface area contributed by atoms with Crippen LogP contribution in [0.4, 0.5) is 4.39 Å². The van der Waals surface area contributed by atoms with Crippen molar-refractivity contribution < 1.29 is 4.39 Å². The maximum atomic E-state index is 13.7. The van der Waals surface area contributed by atoms with E-state index in [1.165, 1.54) is 19.3 Å². The zero-order valence-electron chi connectivity index (χ0n) is 9.59. The van der Waals surface area contributed by atoms with Crippen LogP contribution in [0.25, 0.3) is 0 Å². The lowest BCUT2D eigenvalue weighted by atomic mass is 9.85. The van der Waals surface area contributed by atoms with Crippen molar-refractivity contribution in [3.8, 4) is 0 Å². The van der Waals surface area contributed by atoms with E-state index in [4.69, 9.17) is 0 Å². The van der Waals surface area contributed by atoms with E-state index in [1.807, 2.05) is 0 Å². The molecular formula is C12H22FN. The number of rotatable bonds is 2. The Labute approximate surface area is 86.7 Å². The molecule has 2 saturated heterocycles. The molecule has 82 valence electrons. The second-order valence-corrected chi connectivity index (χ2v) is 5.58. The standard InChI is InChI=1S/C12H22FN/c1-9(2)7-12-5-4-6-14(12)10(3)11(13)8-12/h9-11H,4-8H2,1-3H3/t10-,11-,12-/m1/s1. The third-order valence-electron chi connectivity index (χ3n) is 4.03. The van der Waals surface area contributed by atoms with Gasteiger partial charge in [0.25, 0.3) is 0 Å². The van der Waals surface area contributed by atoms with Gasteiger partial charge in [-0.25, -0.2) is 4.39 Å². The van der Waals surface area contributed by atoms with Gasteiger partial charge in [-0.1, -0.05) is 13.8 Å². The summed E-state index contributed by atoms with van der Waals surface area (Å²) in [5.41, 5.74) is 0.229. The summed E-state index contributed by atoms with van der Waals surface area (Å²) in [7, 11) is 0. The number of nitrogens with zero attached hydrogens (tertiary/aromatic N) is 1. The summed E-state index contributed by atoms with van der Waals surface area (Å²) in [6, 6.07) is 0.163. The Balaban J connectivity index is 2.16. The highest BCUT2D eigenvalue weighted by atomic mass is 19.1. The highest BCUT2D eigenvalue weighted by molar-refractivity contribution is 5.07. The molecule has 0 aromatic rings. The molecule has 0 saturated carbocycles. The number of hydrogen-bond donors (Lipinski definition) is 0. The van der Waals surface area contributed by atoms with Crippen LogP contribution in [0.3, 0.4) is 0 Å². The monoisotopic (exact) mass is 199 g/mol. The van der Waals surface area contributed by atoms with Crippen LogP contribution in [-0.4, -0.2) is 29.2 Å². The molecule has 0 bridgehead atoms. The normalized spacial score (nSPS) is 43.5. The first-order valence-corrected chi connectivity index (χ1v) is 5.96. The van der Waals surface area contributed by atoms with Crippen molar-refractivity contribution >= 4 is 0 Å². The molecule has 2 heteroatoms. The van der Waals surface area contributed by atoms with Gasteiger partial charge in [-0.05, 0) is 45.1 Å². The van der Waals surface area contributed by atoms with Gasteiger partial charge in [0.05, 0.1) is 0 Å². The van der Waals surface area contributed by atoms with Crippen LogP contribution in [0.1, 0.15) is 46.5 Å². The largest absolute Gasteiger partial charge is 0.292 e. The Kier molecular flexibility index (Phi) is 2.59. The Hall–Kier alpha value is -0.110. The second-order valence-electron chi connectivity index (χ2n) is 5.58. The van der Waals surface area contributed by atoms with Gasteiger partial charge in [0.15, 0.2) is 0 Å². The average Bonchev–Trinajstić information content (AvgIpc) is 2.53. The van der Waals surface area contributed by atoms with Gasteiger partial charge in [0.2, 0.25) is 0 Å². The molecule has 2 aliphatic rings. The Morgan fingerprint density at radius 3 is 2.86 bits per heavy atom. The number of alkyl halides is 1. The smallest absolute Gasteiger partial charge is 0.117 e. The van der Waals surface area contributed by atoms with Gasteiger partial charge in [-0.3, -0.25) is 4.90 Å². The molecule has 0 amide bonds. The van der Waals surface area contributed by atoms with Crippen LogP contribution in [-0.2, 0) is 0 Å². The van der Waals surface area contributed by atoms with E-state index in [0.717, 1.165) is 13.0 Å². The van der Waals surface area contributed by atoms with Crippen LogP contribution in [0.2, 0.25) is 0 Å². The van der Waals surface area contributed by atoms with E-state index in [2.05, 4.69) is 25.7 Å². The van der Waals surface area contributed by atoms with E-state index in [1.54, 1.807) is 0 Å². The van der Waals surface area contributed by atoms with E-state index in [0.29, 0.717) is 5.92 Å². The molecule has 1 nitrogen and oxygen atoms in total. The van der Waals surface area contributed by atoms with E-state index < -0.39 is 6.17 Å². The predicted octanol–water partition coefficient (Wildman–Crippen LogP) is 3.00. The van der Waals surface area contributed by atoms with Crippen molar-refractivity contribution in [2.24, 2.45) is 5.92 Å². The Morgan fingerprint density at radius 2 is 2.21 bits per heavy atom. The maximum absolute atomic E-state index is 13.7. The minimum atomic E-state index is -0.589. The molecular weight excluding hydrogens is 177 g/mol. The van der Waals surface area contributed by atoms with E-state index in [-0.39, 0.29) is 11.6 Å². The third-order valence-corrected chi connectivity index (χ3v) is 4.03. The first-order valence-electron chi connectivity index (χ1n) is 5.96. The first kappa shape index (κ1) is 10.4. The summed E-state index contributed by atoms with van der Waals surface area (Å²) in [6.07, 6.45) is 3.86. The highest BCUT2D eigenvalue weighted by Gasteiger charge is 2.52. The molecule has 2 aliphatic heterocycles. The molecule has 0 aliphatic carbocycles. The maximum Gasteiger partial charge on any atom is 0.117 e. The fraction of sp³-hybridized carbons (Fsp3) is 1.00. The van der Waals surface area contributed by atoms with Gasteiger partial charge in [0.1, 0.15) is 6.17 Å². The molecule has 3 atom stereocenters. The minimum Gasteiger partial charge on any atom is -0.292 e. The van der Waals surface area contributed by atoms with Gasteiger partial charge in [0, 0.05) is 11.6 Å². The van der Waals surface area contributed by atoms with Gasteiger partial charge in [-0.15, -0.1) is 0 Å². The minimum absolute atomic E-state index is 0.163. The number of hydrogen-bond acceptors (Lipinski definition) is 1. The average molecular weight is 199 g/mol. The zero-order valence-corrected chi connectivity index (χ0v) is 9.59. The molecule has 2 fully saturated rings. The van der Waals surface area contributed by atoms with E-state index in [9.17, 15) is 4.39 Å². The van der Waals surface area contributed by atoms with Crippen molar-refractivity contribution in [3.63, 3.8) is 0 Å². The van der Waals surface area contributed by atoms with Crippen molar-refractivity contribution in [1.29, 1.82) is 0 Å². The fourth-order valence-electron chi connectivity index (χ4n) is 3.61. The van der Waals surface area contributed by atoms with Gasteiger partial charge >= 0.3 is 0 Å². The number of fused-ring (bicyclic) bond motifs is 1. The second kappa shape index (κ2) is 3.48. The Morgan fingerprint density at radius 1 is 1.50 bits per heavy atom. The summed E-state index contributed by atoms with van der Waals surface area (Å²) in [5.74, 6) is 0.688.